The maximum Gasteiger partial charge on any atom is 0.0872 e. The van der Waals surface area contributed by atoms with E-state index < -0.39 is 0 Å². The van der Waals surface area contributed by atoms with Gasteiger partial charge < -0.3 is 5.32 Å². The van der Waals surface area contributed by atoms with Crippen LogP contribution >= 0.6 is 0 Å². The summed E-state index contributed by atoms with van der Waals surface area (Å²) in [5.41, 5.74) is 3.57. The van der Waals surface area contributed by atoms with E-state index in [4.69, 9.17) is 5.10 Å². The summed E-state index contributed by atoms with van der Waals surface area (Å²) < 4.78 is 1.97. The molecule has 1 aromatic carbocycles. The van der Waals surface area contributed by atoms with Gasteiger partial charge in [0.05, 0.1) is 17.3 Å². The van der Waals surface area contributed by atoms with Gasteiger partial charge in [-0.1, -0.05) is 30.7 Å². The Bertz CT molecular complexity index is 568. The molecule has 0 saturated heterocycles. The van der Waals surface area contributed by atoms with Gasteiger partial charge in [0.2, 0.25) is 0 Å². The first-order chi connectivity index (χ1) is 9.13. The van der Waals surface area contributed by atoms with E-state index in [2.05, 4.69) is 50.0 Å². The Kier molecular flexibility index (Phi) is 4.38. The molecule has 2 aromatic rings. The molecule has 0 amide bonds. The monoisotopic (exact) mass is 257 g/mol. The summed E-state index contributed by atoms with van der Waals surface area (Å²) >= 11 is 0. The lowest BCUT2D eigenvalue weighted by Gasteiger charge is -2.16. The van der Waals surface area contributed by atoms with Crippen LogP contribution in [0.3, 0.4) is 0 Å². The Balaban J connectivity index is 2.35. The number of fused-ring (bicyclic) bond motifs is 1. The fourth-order valence-corrected chi connectivity index (χ4v) is 2.47. The Morgan fingerprint density at radius 2 is 2.16 bits per heavy atom. The zero-order chi connectivity index (χ0) is 13.8. The van der Waals surface area contributed by atoms with Gasteiger partial charge in [0, 0.05) is 12.4 Å². The molecule has 0 aliphatic carbocycles. The van der Waals surface area contributed by atoms with Gasteiger partial charge in [0.1, 0.15) is 0 Å². The molecule has 0 spiro atoms. The standard InChI is InChI=1S/C16H23N3/c1-5-17-14(11-10-12(2)3)16-13-8-6-7-9-15(13)19(4)18-16/h6-9,14,17H,2,5,10-11H2,1,3-4H3. The Morgan fingerprint density at radius 1 is 1.42 bits per heavy atom. The quantitative estimate of drug-likeness (QED) is 0.802. The van der Waals surface area contributed by atoms with Crippen LogP contribution in [0.1, 0.15) is 38.4 Å². The maximum absolute atomic E-state index is 4.71. The molecule has 1 heterocycles. The zero-order valence-electron chi connectivity index (χ0n) is 12.1. The summed E-state index contributed by atoms with van der Waals surface area (Å²) in [4.78, 5) is 0. The van der Waals surface area contributed by atoms with E-state index in [-0.39, 0.29) is 0 Å². The number of benzene rings is 1. The fraction of sp³-hybridized carbons (Fsp3) is 0.438. The summed E-state index contributed by atoms with van der Waals surface area (Å²) in [6.07, 6.45) is 2.08. The van der Waals surface area contributed by atoms with Crippen molar-refractivity contribution < 1.29 is 0 Å². The number of allylic oxidation sites excluding steroid dienone is 1. The van der Waals surface area contributed by atoms with Gasteiger partial charge in [0.15, 0.2) is 0 Å². The highest BCUT2D eigenvalue weighted by Gasteiger charge is 2.17. The van der Waals surface area contributed by atoms with Crippen molar-refractivity contribution in [2.24, 2.45) is 7.05 Å². The normalized spacial score (nSPS) is 12.8. The molecule has 1 unspecified atom stereocenters. The largest absolute Gasteiger partial charge is 0.309 e. The van der Waals surface area contributed by atoms with Crippen molar-refractivity contribution >= 4 is 10.9 Å². The fourth-order valence-electron chi connectivity index (χ4n) is 2.47. The second-order valence-corrected chi connectivity index (χ2v) is 5.13. The molecule has 0 radical (unpaired) electrons. The predicted octanol–water partition coefficient (Wildman–Crippen LogP) is 3.58. The van der Waals surface area contributed by atoms with E-state index >= 15 is 0 Å². The van der Waals surface area contributed by atoms with Crippen molar-refractivity contribution in [2.45, 2.75) is 32.7 Å². The van der Waals surface area contributed by atoms with Gasteiger partial charge in [-0.05, 0) is 32.4 Å². The van der Waals surface area contributed by atoms with Crippen molar-refractivity contribution in [3.05, 3.63) is 42.1 Å². The second kappa shape index (κ2) is 6.02. The van der Waals surface area contributed by atoms with Gasteiger partial charge >= 0.3 is 0 Å². The minimum Gasteiger partial charge on any atom is -0.309 e. The van der Waals surface area contributed by atoms with Gasteiger partial charge in [-0.25, -0.2) is 0 Å². The molecule has 102 valence electrons. The third-order valence-corrected chi connectivity index (χ3v) is 3.43. The first-order valence-electron chi connectivity index (χ1n) is 6.93. The summed E-state index contributed by atoms with van der Waals surface area (Å²) in [6.45, 7) is 9.17. The molecule has 1 N–H and O–H groups in total. The summed E-state index contributed by atoms with van der Waals surface area (Å²) in [7, 11) is 2.01. The number of nitrogens with one attached hydrogen (secondary N) is 1. The highest BCUT2D eigenvalue weighted by atomic mass is 15.3. The molecule has 2 rings (SSSR count). The first-order valence-corrected chi connectivity index (χ1v) is 6.93. The molecule has 0 aliphatic rings. The number of hydrogen-bond donors (Lipinski definition) is 1. The van der Waals surface area contributed by atoms with Crippen LogP contribution in [-0.2, 0) is 7.05 Å². The third kappa shape index (κ3) is 3.04. The van der Waals surface area contributed by atoms with E-state index in [1.165, 1.54) is 16.5 Å². The van der Waals surface area contributed by atoms with Crippen LogP contribution < -0.4 is 5.32 Å². The van der Waals surface area contributed by atoms with Crippen LogP contribution in [0, 0.1) is 0 Å². The number of hydrogen-bond acceptors (Lipinski definition) is 2. The molecule has 3 heteroatoms. The minimum atomic E-state index is 0.299. The SMILES string of the molecule is C=C(C)CCC(NCC)c1nn(C)c2ccccc12. The van der Waals surface area contributed by atoms with Crippen LogP contribution in [0.4, 0.5) is 0 Å². The molecular formula is C16H23N3. The van der Waals surface area contributed by atoms with Crippen molar-refractivity contribution in [3.63, 3.8) is 0 Å². The van der Waals surface area contributed by atoms with E-state index in [9.17, 15) is 0 Å². The van der Waals surface area contributed by atoms with Crippen LogP contribution in [0.2, 0.25) is 0 Å². The van der Waals surface area contributed by atoms with E-state index in [0.717, 1.165) is 25.1 Å². The zero-order valence-corrected chi connectivity index (χ0v) is 12.1. The van der Waals surface area contributed by atoms with Gasteiger partial charge in [-0.3, -0.25) is 4.68 Å². The van der Waals surface area contributed by atoms with E-state index in [0.29, 0.717) is 6.04 Å². The molecule has 1 atom stereocenters. The van der Waals surface area contributed by atoms with E-state index in [1.54, 1.807) is 0 Å². The number of para-hydroxylation sites is 1. The first kappa shape index (κ1) is 13.8. The van der Waals surface area contributed by atoms with Crippen molar-refractivity contribution in [3.8, 4) is 0 Å². The summed E-state index contributed by atoms with van der Waals surface area (Å²) in [6, 6.07) is 8.71. The summed E-state index contributed by atoms with van der Waals surface area (Å²) in [5.74, 6) is 0. The Morgan fingerprint density at radius 3 is 2.84 bits per heavy atom. The molecule has 0 saturated carbocycles. The lowest BCUT2D eigenvalue weighted by Crippen LogP contribution is -2.21. The molecule has 0 aliphatic heterocycles. The van der Waals surface area contributed by atoms with Crippen LogP contribution in [0.5, 0.6) is 0 Å². The second-order valence-electron chi connectivity index (χ2n) is 5.13. The van der Waals surface area contributed by atoms with Gasteiger partial charge in [0.25, 0.3) is 0 Å². The van der Waals surface area contributed by atoms with Crippen LogP contribution in [-0.4, -0.2) is 16.3 Å². The molecular weight excluding hydrogens is 234 g/mol. The number of aromatic nitrogens is 2. The number of aryl methyl sites for hydroxylation is 1. The highest BCUT2D eigenvalue weighted by molar-refractivity contribution is 5.82. The lowest BCUT2D eigenvalue weighted by molar-refractivity contribution is 0.499. The van der Waals surface area contributed by atoms with Gasteiger partial charge in [-0.2, -0.15) is 5.10 Å². The molecule has 3 nitrogen and oxygen atoms in total. The van der Waals surface area contributed by atoms with Crippen LogP contribution in [0.25, 0.3) is 10.9 Å². The van der Waals surface area contributed by atoms with Crippen molar-refractivity contribution in [2.75, 3.05) is 6.54 Å². The molecule has 0 fully saturated rings. The Hall–Kier alpha value is -1.61. The summed E-state index contributed by atoms with van der Waals surface area (Å²) in [5, 5.41) is 9.50. The van der Waals surface area contributed by atoms with Gasteiger partial charge in [-0.15, -0.1) is 6.58 Å². The molecule has 19 heavy (non-hydrogen) atoms. The highest BCUT2D eigenvalue weighted by Crippen LogP contribution is 2.26. The molecule has 0 bridgehead atoms. The minimum absolute atomic E-state index is 0.299. The number of nitrogens with zero attached hydrogens (tertiary/aromatic N) is 2. The molecule has 1 aromatic heterocycles. The van der Waals surface area contributed by atoms with Crippen LogP contribution in [0.15, 0.2) is 36.4 Å². The van der Waals surface area contributed by atoms with Crippen molar-refractivity contribution in [1.82, 2.24) is 15.1 Å². The maximum atomic E-state index is 4.71. The predicted molar refractivity (Wildman–Crippen MR) is 81.2 cm³/mol. The average molecular weight is 257 g/mol. The lowest BCUT2D eigenvalue weighted by atomic mass is 10.0. The topological polar surface area (TPSA) is 29.9 Å². The smallest absolute Gasteiger partial charge is 0.0872 e. The number of rotatable bonds is 6. The van der Waals surface area contributed by atoms with Crippen molar-refractivity contribution in [1.29, 1.82) is 0 Å². The van der Waals surface area contributed by atoms with E-state index in [1.807, 2.05) is 11.7 Å². The Labute approximate surface area is 115 Å². The third-order valence-electron chi connectivity index (χ3n) is 3.43. The average Bonchev–Trinajstić information content (AvgIpc) is 2.72.